The molecule has 2 heterocycles. The molecule has 2 aromatic rings. The second kappa shape index (κ2) is 5.36. The van der Waals surface area contributed by atoms with Crippen LogP contribution in [0.5, 0.6) is 0 Å². The lowest BCUT2D eigenvalue weighted by molar-refractivity contribution is 0.949. The first kappa shape index (κ1) is 12.7. The van der Waals surface area contributed by atoms with Gasteiger partial charge in [0.25, 0.3) is 5.56 Å². The van der Waals surface area contributed by atoms with Gasteiger partial charge in [-0.05, 0) is 44.0 Å². The fourth-order valence-corrected chi connectivity index (χ4v) is 2.51. The summed E-state index contributed by atoms with van der Waals surface area (Å²) in [5.74, 6) is 0.476. The number of hydrogen-bond acceptors (Lipinski definition) is 4. The zero-order valence-corrected chi connectivity index (χ0v) is 11.5. The van der Waals surface area contributed by atoms with Crippen molar-refractivity contribution in [2.75, 3.05) is 23.3 Å². The number of aromatic amines is 1. The average Bonchev–Trinajstić information content (AvgIpc) is 2.92. The van der Waals surface area contributed by atoms with Gasteiger partial charge in [0.2, 0.25) is 5.95 Å². The summed E-state index contributed by atoms with van der Waals surface area (Å²) in [6, 6.07) is 9.69. The Morgan fingerprint density at radius 1 is 1.20 bits per heavy atom. The molecule has 1 aromatic heterocycles. The number of nitrogens with zero attached hydrogens (tertiary/aromatic N) is 2. The van der Waals surface area contributed by atoms with Crippen LogP contribution in [0.2, 0.25) is 0 Å². The molecule has 104 valence electrons. The molecule has 0 amide bonds. The van der Waals surface area contributed by atoms with Crippen LogP contribution < -0.4 is 15.8 Å². The van der Waals surface area contributed by atoms with Crippen LogP contribution >= 0.6 is 0 Å². The first-order chi connectivity index (χ1) is 9.70. The fraction of sp³-hybridized carbons (Fsp3) is 0.333. The predicted molar refractivity (Wildman–Crippen MR) is 80.8 cm³/mol. The van der Waals surface area contributed by atoms with Gasteiger partial charge < -0.3 is 10.2 Å². The van der Waals surface area contributed by atoms with E-state index in [9.17, 15) is 4.79 Å². The van der Waals surface area contributed by atoms with Crippen LogP contribution in [-0.2, 0) is 0 Å². The molecule has 0 spiro atoms. The fourth-order valence-electron chi connectivity index (χ4n) is 2.51. The number of H-pyrrole nitrogens is 1. The molecule has 0 atom stereocenters. The first-order valence-electron chi connectivity index (χ1n) is 6.91. The van der Waals surface area contributed by atoms with E-state index in [2.05, 4.69) is 32.3 Å². The molecule has 20 heavy (non-hydrogen) atoms. The van der Waals surface area contributed by atoms with Crippen LogP contribution in [0.3, 0.4) is 0 Å². The Morgan fingerprint density at radius 2 is 1.90 bits per heavy atom. The lowest BCUT2D eigenvalue weighted by atomic mass is 10.2. The van der Waals surface area contributed by atoms with E-state index >= 15 is 0 Å². The van der Waals surface area contributed by atoms with Gasteiger partial charge in [-0.15, -0.1) is 0 Å². The van der Waals surface area contributed by atoms with Gasteiger partial charge >= 0.3 is 0 Å². The molecule has 5 heteroatoms. The molecule has 0 saturated carbocycles. The SMILES string of the molecule is Cc1cc(=O)[nH]c(Nc2ccc(N3CCCC3)cc2)n1. The highest BCUT2D eigenvalue weighted by atomic mass is 16.1. The summed E-state index contributed by atoms with van der Waals surface area (Å²) in [5.41, 5.74) is 2.72. The van der Waals surface area contributed by atoms with E-state index in [1.54, 1.807) is 6.92 Å². The Bertz CT molecular complexity index is 642. The third-order valence-corrected chi connectivity index (χ3v) is 3.47. The van der Waals surface area contributed by atoms with E-state index in [1.807, 2.05) is 12.1 Å². The topological polar surface area (TPSA) is 61.0 Å². The minimum absolute atomic E-state index is 0.145. The van der Waals surface area contributed by atoms with Crippen molar-refractivity contribution < 1.29 is 0 Å². The normalized spacial score (nSPS) is 14.6. The van der Waals surface area contributed by atoms with Gasteiger partial charge in [-0.3, -0.25) is 9.78 Å². The third kappa shape index (κ3) is 2.82. The van der Waals surface area contributed by atoms with Crippen molar-refractivity contribution in [3.63, 3.8) is 0 Å². The van der Waals surface area contributed by atoms with Crippen molar-refractivity contribution in [2.45, 2.75) is 19.8 Å². The van der Waals surface area contributed by atoms with E-state index in [-0.39, 0.29) is 5.56 Å². The quantitative estimate of drug-likeness (QED) is 0.899. The van der Waals surface area contributed by atoms with E-state index in [0.29, 0.717) is 11.6 Å². The van der Waals surface area contributed by atoms with Crippen LogP contribution in [0.15, 0.2) is 35.1 Å². The minimum atomic E-state index is -0.145. The molecule has 0 radical (unpaired) electrons. The summed E-state index contributed by atoms with van der Waals surface area (Å²) in [7, 11) is 0. The largest absolute Gasteiger partial charge is 0.372 e. The second-order valence-electron chi connectivity index (χ2n) is 5.10. The van der Waals surface area contributed by atoms with E-state index in [0.717, 1.165) is 18.8 Å². The number of anilines is 3. The zero-order chi connectivity index (χ0) is 13.9. The van der Waals surface area contributed by atoms with E-state index in [1.165, 1.54) is 24.6 Å². The maximum absolute atomic E-state index is 11.4. The molecule has 1 fully saturated rings. The van der Waals surface area contributed by atoms with Crippen LogP contribution in [0.25, 0.3) is 0 Å². The van der Waals surface area contributed by atoms with Crippen LogP contribution in [0.1, 0.15) is 18.5 Å². The van der Waals surface area contributed by atoms with Crippen LogP contribution in [0, 0.1) is 6.92 Å². The molecule has 5 nitrogen and oxygen atoms in total. The monoisotopic (exact) mass is 270 g/mol. The van der Waals surface area contributed by atoms with Crippen molar-refractivity contribution in [2.24, 2.45) is 0 Å². The number of aryl methyl sites for hydroxylation is 1. The van der Waals surface area contributed by atoms with Crippen LogP contribution in [0.4, 0.5) is 17.3 Å². The molecule has 1 aliphatic rings. The average molecular weight is 270 g/mol. The molecule has 0 unspecified atom stereocenters. The number of hydrogen-bond donors (Lipinski definition) is 2. The maximum Gasteiger partial charge on any atom is 0.252 e. The maximum atomic E-state index is 11.4. The summed E-state index contributed by atoms with van der Waals surface area (Å²) in [6.45, 7) is 4.08. The van der Waals surface area contributed by atoms with Crippen molar-refractivity contribution in [1.29, 1.82) is 0 Å². The van der Waals surface area contributed by atoms with Gasteiger partial charge in [-0.1, -0.05) is 0 Å². The Morgan fingerprint density at radius 3 is 2.55 bits per heavy atom. The summed E-state index contributed by atoms with van der Waals surface area (Å²) in [4.78, 5) is 20.7. The lowest BCUT2D eigenvalue weighted by Gasteiger charge is -2.17. The molecule has 1 aromatic carbocycles. The van der Waals surface area contributed by atoms with Crippen molar-refractivity contribution in [3.05, 3.63) is 46.4 Å². The Labute approximate surface area is 117 Å². The van der Waals surface area contributed by atoms with E-state index < -0.39 is 0 Å². The first-order valence-corrected chi connectivity index (χ1v) is 6.91. The van der Waals surface area contributed by atoms with Gasteiger partial charge in [0.15, 0.2) is 0 Å². The highest BCUT2D eigenvalue weighted by Gasteiger charge is 2.11. The van der Waals surface area contributed by atoms with Crippen LogP contribution in [-0.4, -0.2) is 23.1 Å². The predicted octanol–water partition coefficient (Wildman–Crippen LogP) is 2.42. The smallest absolute Gasteiger partial charge is 0.252 e. The van der Waals surface area contributed by atoms with Gasteiger partial charge in [-0.25, -0.2) is 4.98 Å². The molecule has 0 bridgehead atoms. The third-order valence-electron chi connectivity index (χ3n) is 3.47. The highest BCUT2D eigenvalue weighted by Crippen LogP contribution is 2.22. The molecule has 1 saturated heterocycles. The highest BCUT2D eigenvalue weighted by molar-refractivity contribution is 5.59. The van der Waals surface area contributed by atoms with Gasteiger partial charge in [0, 0.05) is 36.2 Å². The summed E-state index contributed by atoms with van der Waals surface area (Å²) in [5, 5.41) is 3.12. The van der Waals surface area contributed by atoms with E-state index in [4.69, 9.17) is 0 Å². The lowest BCUT2D eigenvalue weighted by Crippen LogP contribution is -2.17. The summed E-state index contributed by atoms with van der Waals surface area (Å²) >= 11 is 0. The molecular formula is C15H18N4O. The Balaban J connectivity index is 1.75. The van der Waals surface area contributed by atoms with Crippen molar-refractivity contribution in [3.8, 4) is 0 Å². The molecular weight excluding hydrogens is 252 g/mol. The number of nitrogens with one attached hydrogen (secondary N) is 2. The molecule has 3 rings (SSSR count). The van der Waals surface area contributed by atoms with Gasteiger partial charge in [-0.2, -0.15) is 0 Å². The van der Waals surface area contributed by atoms with Gasteiger partial charge in [0.1, 0.15) is 0 Å². The Hall–Kier alpha value is -2.30. The second-order valence-corrected chi connectivity index (χ2v) is 5.10. The standard InChI is InChI=1S/C15H18N4O/c1-11-10-14(20)18-15(16-11)17-12-4-6-13(7-5-12)19-8-2-3-9-19/h4-7,10H,2-3,8-9H2,1H3,(H2,16,17,18,20). The number of benzene rings is 1. The van der Waals surface area contributed by atoms with Crippen molar-refractivity contribution >= 4 is 17.3 Å². The zero-order valence-electron chi connectivity index (χ0n) is 11.5. The Kier molecular flexibility index (Phi) is 3.41. The van der Waals surface area contributed by atoms with Crippen molar-refractivity contribution in [1.82, 2.24) is 9.97 Å². The number of aromatic nitrogens is 2. The summed E-state index contributed by atoms with van der Waals surface area (Å²) < 4.78 is 0. The molecule has 0 aliphatic carbocycles. The summed E-state index contributed by atoms with van der Waals surface area (Å²) in [6.07, 6.45) is 2.54. The number of rotatable bonds is 3. The van der Waals surface area contributed by atoms with Gasteiger partial charge in [0.05, 0.1) is 0 Å². The molecule has 1 aliphatic heterocycles. The minimum Gasteiger partial charge on any atom is -0.372 e. The molecule has 2 N–H and O–H groups in total.